The van der Waals surface area contributed by atoms with Crippen molar-refractivity contribution in [2.24, 2.45) is 22.1 Å². The first-order chi connectivity index (χ1) is 26.9. The number of hydrogen-bond donors (Lipinski definition) is 1. The number of carbonyl (C=O) groups excluding carboxylic acids is 3. The molecule has 14 heteroatoms. The summed E-state index contributed by atoms with van der Waals surface area (Å²) in [6.45, 7) is 6.20. The highest BCUT2D eigenvalue weighted by Crippen LogP contribution is 2.47. The van der Waals surface area contributed by atoms with Gasteiger partial charge in [0.25, 0.3) is 11.8 Å². The number of likely N-dealkylation sites (tertiary alicyclic amines) is 1. The van der Waals surface area contributed by atoms with Gasteiger partial charge in [-0.05, 0) is 118 Å². The molecule has 2 bridgehead atoms. The normalized spacial score (nSPS) is 31.4. The Bertz CT molecular complexity index is 1960. The predicted molar refractivity (Wildman–Crippen MR) is 216 cm³/mol. The molecule has 0 aromatic heterocycles. The van der Waals surface area contributed by atoms with E-state index in [4.69, 9.17) is 30.5 Å². The monoisotopic (exact) mass is 810 g/mol. The van der Waals surface area contributed by atoms with Crippen molar-refractivity contribution in [1.82, 2.24) is 9.62 Å². The molecule has 3 heterocycles. The van der Waals surface area contributed by atoms with Gasteiger partial charge in [0.2, 0.25) is 0 Å². The summed E-state index contributed by atoms with van der Waals surface area (Å²) in [6, 6.07) is 11.5. The fourth-order valence-electron chi connectivity index (χ4n) is 9.21. The summed E-state index contributed by atoms with van der Waals surface area (Å²) >= 11 is 6.47. The van der Waals surface area contributed by atoms with E-state index in [1.807, 2.05) is 25.1 Å². The van der Waals surface area contributed by atoms with Crippen LogP contribution in [-0.2, 0) is 40.8 Å². The lowest BCUT2D eigenvalue weighted by Gasteiger charge is -2.46. The molecule has 7 atom stereocenters. The molecule has 2 aromatic rings. The molecule has 12 nitrogen and oxygen atoms in total. The maximum Gasteiger partial charge on any atom is 0.409 e. The first kappa shape index (κ1) is 40.5. The number of fused-ring (bicyclic) bond motifs is 4. The number of ether oxygens (including phenoxy) is 4. The van der Waals surface area contributed by atoms with Gasteiger partial charge in [-0.1, -0.05) is 36.7 Å². The van der Waals surface area contributed by atoms with Crippen molar-refractivity contribution in [1.29, 1.82) is 0 Å². The minimum atomic E-state index is -3.64. The van der Waals surface area contributed by atoms with E-state index in [2.05, 4.69) is 38.3 Å². The van der Waals surface area contributed by atoms with Gasteiger partial charge >= 0.3 is 6.09 Å². The summed E-state index contributed by atoms with van der Waals surface area (Å²) in [5.74, 6) is -0.136. The highest BCUT2D eigenvalue weighted by Gasteiger charge is 2.44. The molecule has 2 aliphatic carbocycles. The number of halogens is 1. The Hall–Kier alpha value is -3.65. The Morgan fingerprint density at radius 1 is 1.09 bits per heavy atom. The number of amides is 3. The Balaban J connectivity index is 1.20. The van der Waals surface area contributed by atoms with Gasteiger partial charge in [-0.2, -0.15) is 0 Å². The zero-order valence-electron chi connectivity index (χ0n) is 32.9. The second-order valence-corrected chi connectivity index (χ2v) is 19.0. The lowest BCUT2D eigenvalue weighted by molar-refractivity contribution is -0.126. The molecule has 56 heavy (non-hydrogen) atoms. The molecule has 2 fully saturated rings. The summed E-state index contributed by atoms with van der Waals surface area (Å²) < 4.78 is 45.3. The topological polar surface area (TPSA) is 136 Å². The van der Waals surface area contributed by atoms with Crippen LogP contribution in [0.1, 0.15) is 80.3 Å². The summed E-state index contributed by atoms with van der Waals surface area (Å²) in [5, 5.41) is 0.0438. The van der Waals surface area contributed by atoms with Crippen LogP contribution < -0.4 is 14.4 Å². The van der Waals surface area contributed by atoms with E-state index in [1.165, 1.54) is 18.2 Å². The van der Waals surface area contributed by atoms with Crippen LogP contribution in [0.2, 0.25) is 5.02 Å². The van der Waals surface area contributed by atoms with Crippen LogP contribution in [0.3, 0.4) is 0 Å². The molecule has 1 saturated carbocycles. The van der Waals surface area contributed by atoms with E-state index in [9.17, 15) is 18.6 Å². The molecule has 304 valence electrons. The van der Waals surface area contributed by atoms with Gasteiger partial charge in [-0.15, -0.1) is 4.36 Å². The molecule has 1 spiro atoms. The predicted octanol–water partition coefficient (Wildman–Crippen LogP) is 6.73. The lowest BCUT2D eigenvalue weighted by atomic mass is 9.68. The van der Waals surface area contributed by atoms with Gasteiger partial charge in [-0.3, -0.25) is 14.3 Å². The van der Waals surface area contributed by atoms with E-state index in [0.717, 1.165) is 49.4 Å². The number of carbonyl (C=O) groups is 3. The van der Waals surface area contributed by atoms with Crippen LogP contribution >= 0.6 is 11.6 Å². The summed E-state index contributed by atoms with van der Waals surface area (Å²) in [5.41, 5.74) is 3.30. The van der Waals surface area contributed by atoms with Crippen molar-refractivity contribution in [3.63, 3.8) is 0 Å². The first-order valence-corrected chi connectivity index (χ1v) is 21.9. The fourth-order valence-corrected chi connectivity index (χ4v) is 11.3. The Kier molecular flexibility index (Phi) is 12.4. The molecule has 7 rings (SSSR count). The maximum atomic E-state index is 14.9. The lowest BCUT2D eigenvalue weighted by Crippen LogP contribution is -2.49. The maximum absolute atomic E-state index is 14.9. The second kappa shape index (κ2) is 17.1. The van der Waals surface area contributed by atoms with Gasteiger partial charge in [0.1, 0.15) is 22.3 Å². The third-order valence-corrected chi connectivity index (χ3v) is 15.5. The average molecular weight is 811 g/mol. The van der Waals surface area contributed by atoms with Gasteiger partial charge in [0, 0.05) is 49.3 Å². The van der Waals surface area contributed by atoms with Crippen molar-refractivity contribution in [2.45, 2.75) is 88.1 Å². The number of nitrogens with zero attached hydrogens (tertiary/aromatic N) is 3. The van der Waals surface area contributed by atoms with E-state index in [1.54, 1.807) is 25.0 Å². The van der Waals surface area contributed by atoms with Crippen molar-refractivity contribution < 1.29 is 37.5 Å². The van der Waals surface area contributed by atoms with Crippen LogP contribution in [-0.4, -0.2) is 98.1 Å². The van der Waals surface area contributed by atoms with Gasteiger partial charge in [0.05, 0.1) is 36.9 Å². The van der Waals surface area contributed by atoms with E-state index in [-0.39, 0.29) is 35.7 Å². The van der Waals surface area contributed by atoms with Crippen molar-refractivity contribution >= 4 is 45.1 Å². The number of anilines is 1. The molecule has 1 N–H and O–H groups in total. The van der Waals surface area contributed by atoms with Crippen LogP contribution in [0.4, 0.5) is 10.5 Å². The van der Waals surface area contributed by atoms with E-state index >= 15 is 0 Å². The zero-order chi connectivity index (χ0) is 39.6. The number of methoxy groups -OCH3 is 2. The Labute approximate surface area is 335 Å². The molecule has 2 aromatic carbocycles. The average Bonchev–Trinajstić information content (AvgIpc) is 3.33. The van der Waals surface area contributed by atoms with Crippen LogP contribution in [0.5, 0.6) is 5.75 Å². The number of piperidine rings is 1. The zero-order valence-corrected chi connectivity index (χ0v) is 34.4. The van der Waals surface area contributed by atoms with Crippen molar-refractivity contribution in [2.75, 3.05) is 58.5 Å². The standard InChI is InChI=1S/C42H55ClN4O8S/c1-27-7-5-9-37(52-3)34-13-10-31(34)23-47-25-42(18-6-8-29-21-32(43)12-14-35(29)42)26-55-38-15-11-30(22-36(38)47)40(49)45-56(51,28(27)2)44-39(48)24-54-33-16-19-46(20-17-33)41(50)53-4/h5,9,11-12,14-15,21-22,27-28,31,33-34,37H,6-8,10,13,16-20,23-26H2,1-4H3,(H,44,45,48,49,51)/b9-5+. The van der Waals surface area contributed by atoms with Crippen molar-refractivity contribution in [3.8, 4) is 5.75 Å². The minimum Gasteiger partial charge on any atom is -0.490 e. The number of rotatable bonds is 5. The van der Waals surface area contributed by atoms with Crippen LogP contribution in [0.25, 0.3) is 0 Å². The smallest absolute Gasteiger partial charge is 0.409 e. The Morgan fingerprint density at radius 3 is 2.62 bits per heavy atom. The SMILES string of the molecule is COC(=O)N1CCC(OCC(=O)NS2(=O)=NC(=O)c3ccc4c(c3)N(CC3CCC3C(OC)/C=C/CC(C)C2C)CC2(CCCc3cc(Cl)ccc32)CO4)CC1. The number of nitrogens with one attached hydrogen (secondary N) is 1. The minimum absolute atomic E-state index is 0.0864. The van der Waals surface area contributed by atoms with E-state index < -0.39 is 33.1 Å². The van der Waals surface area contributed by atoms with Crippen LogP contribution in [0.15, 0.2) is 52.9 Å². The highest BCUT2D eigenvalue weighted by molar-refractivity contribution is 7.93. The van der Waals surface area contributed by atoms with Gasteiger partial charge in [0.15, 0.2) is 0 Å². The number of hydrogen-bond acceptors (Lipinski definition) is 9. The number of benzene rings is 2. The summed E-state index contributed by atoms with van der Waals surface area (Å²) in [6.07, 6.45) is 10.1. The Morgan fingerprint density at radius 2 is 1.89 bits per heavy atom. The second-order valence-electron chi connectivity index (χ2n) is 16.3. The number of aryl methyl sites for hydroxylation is 1. The number of allylic oxidation sites excluding steroid dienone is 1. The largest absolute Gasteiger partial charge is 0.490 e. The quantitative estimate of drug-likeness (QED) is 0.327. The van der Waals surface area contributed by atoms with Crippen LogP contribution in [0, 0.1) is 17.8 Å². The summed E-state index contributed by atoms with van der Waals surface area (Å²) in [4.78, 5) is 43.5. The molecule has 7 unspecified atom stereocenters. The third-order valence-electron chi connectivity index (χ3n) is 12.9. The molecule has 1 saturated heterocycles. The van der Waals surface area contributed by atoms with Gasteiger partial charge in [-0.25, -0.2) is 9.00 Å². The molecule has 0 radical (unpaired) electrons. The summed E-state index contributed by atoms with van der Waals surface area (Å²) in [7, 11) is -0.542. The van der Waals surface area contributed by atoms with Crippen molar-refractivity contribution in [3.05, 3.63) is 70.3 Å². The molecule has 3 amide bonds. The first-order valence-electron chi connectivity index (χ1n) is 20.0. The molecule has 5 aliphatic rings. The third kappa shape index (κ3) is 8.47. The molecular formula is C42H55ClN4O8S. The van der Waals surface area contributed by atoms with E-state index in [0.29, 0.717) is 63.1 Å². The van der Waals surface area contributed by atoms with Gasteiger partial charge < -0.3 is 28.7 Å². The fraction of sp³-hybridized carbons (Fsp3) is 0.595. The highest BCUT2D eigenvalue weighted by atomic mass is 35.5. The molecular weight excluding hydrogens is 756 g/mol. The molecule has 3 aliphatic heterocycles.